The number of fused-ring (bicyclic) bond motifs is 3. The third kappa shape index (κ3) is 8.72. The zero-order valence-electron chi connectivity index (χ0n) is 41.9. The van der Waals surface area contributed by atoms with Crippen molar-refractivity contribution >= 4 is 38.9 Å². The highest BCUT2D eigenvalue weighted by atomic mass is 16.5. The molecule has 0 aliphatic carbocycles. The number of hydrogen-bond donors (Lipinski definition) is 0. The van der Waals surface area contributed by atoms with Crippen molar-refractivity contribution in [3.8, 4) is 17.3 Å². The number of para-hydroxylation sites is 1. The van der Waals surface area contributed by atoms with Crippen LogP contribution in [0.3, 0.4) is 0 Å². The number of benzene rings is 7. The first-order valence-corrected chi connectivity index (χ1v) is 24.4. The van der Waals surface area contributed by atoms with Crippen LogP contribution in [-0.2, 0) is 21.7 Å². The third-order valence-corrected chi connectivity index (χ3v) is 14.4. The van der Waals surface area contributed by atoms with Gasteiger partial charge in [-0.2, -0.15) is 0 Å². The molecule has 0 radical (unpaired) electrons. The molecular formula is C64H64N4O. The molecule has 346 valence electrons. The monoisotopic (exact) mass is 905 g/mol. The van der Waals surface area contributed by atoms with Gasteiger partial charge in [-0.05, 0) is 104 Å². The highest BCUT2D eigenvalue weighted by Crippen LogP contribution is 2.44. The zero-order chi connectivity index (χ0) is 48.3. The van der Waals surface area contributed by atoms with Crippen LogP contribution in [0.4, 0.5) is 11.4 Å². The summed E-state index contributed by atoms with van der Waals surface area (Å²) in [5.41, 5.74) is 13.5. The summed E-state index contributed by atoms with van der Waals surface area (Å²) in [6.07, 6.45) is 4.27. The van der Waals surface area contributed by atoms with Gasteiger partial charge in [0.05, 0.1) is 23.4 Å². The van der Waals surface area contributed by atoms with Crippen molar-refractivity contribution in [1.29, 1.82) is 0 Å². The maximum Gasteiger partial charge on any atom is 0.137 e. The lowest BCUT2D eigenvalue weighted by Crippen LogP contribution is -2.28. The van der Waals surface area contributed by atoms with Gasteiger partial charge in [-0.1, -0.05) is 184 Å². The minimum atomic E-state index is -0.248. The summed E-state index contributed by atoms with van der Waals surface area (Å²) in [5.74, 6) is 2.45. The summed E-state index contributed by atoms with van der Waals surface area (Å²) in [6.45, 7) is 23.6. The highest BCUT2D eigenvalue weighted by Gasteiger charge is 2.32. The van der Waals surface area contributed by atoms with E-state index in [4.69, 9.17) is 9.72 Å². The van der Waals surface area contributed by atoms with Crippen LogP contribution in [0.25, 0.3) is 33.3 Å². The van der Waals surface area contributed by atoms with E-state index in [1.54, 1.807) is 0 Å². The third-order valence-electron chi connectivity index (χ3n) is 14.4. The normalized spacial score (nSPS) is 13.6. The summed E-state index contributed by atoms with van der Waals surface area (Å²) in [4.78, 5) is 9.81. The fourth-order valence-electron chi connectivity index (χ4n) is 9.88. The average molecular weight is 905 g/mol. The van der Waals surface area contributed by atoms with Crippen molar-refractivity contribution in [2.24, 2.45) is 0 Å². The van der Waals surface area contributed by atoms with Crippen LogP contribution in [0.5, 0.6) is 11.5 Å². The average Bonchev–Trinajstić information content (AvgIpc) is 3.94. The number of nitrogens with zero attached hydrogens (tertiary/aromatic N) is 4. The Morgan fingerprint density at radius 3 is 1.62 bits per heavy atom. The van der Waals surface area contributed by atoms with Crippen LogP contribution in [-0.4, -0.2) is 16.2 Å². The number of aromatic nitrogens is 2. The lowest BCUT2D eigenvalue weighted by molar-refractivity contribution is 0.479. The van der Waals surface area contributed by atoms with Crippen molar-refractivity contribution in [1.82, 2.24) is 9.55 Å². The largest absolute Gasteiger partial charge is 0.457 e. The molecule has 5 nitrogen and oxygen atoms in total. The summed E-state index contributed by atoms with van der Waals surface area (Å²) in [7, 11) is 0. The quantitative estimate of drug-likeness (QED) is 0.137. The van der Waals surface area contributed by atoms with Gasteiger partial charge in [0, 0.05) is 57.5 Å². The van der Waals surface area contributed by atoms with Gasteiger partial charge >= 0.3 is 0 Å². The Morgan fingerprint density at radius 1 is 0.435 bits per heavy atom. The SMILES string of the molecule is CC(C)(C)c1cc(Oc2ccc3c4ccccc4n(-c4cc(C(C)(C)C)ccn4)c3c2)cc(N2CN(c3cc(C(C)(C)c4ccccc4)cc(C(C)(C)c4ccccc4)c3)C=C2c2ccccc2)c1. The number of anilines is 2. The fourth-order valence-corrected chi connectivity index (χ4v) is 9.88. The Bertz CT molecular complexity index is 3280. The van der Waals surface area contributed by atoms with Gasteiger partial charge < -0.3 is 14.5 Å². The molecule has 0 saturated carbocycles. The predicted molar refractivity (Wildman–Crippen MR) is 290 cm³/mol. The van der Waals surface area contributed by atoms with Crippen molar-refractivity contribution in [3.05, 3.63) is 233 Å². The zero-order valence-corrected chi connectivity index (χ0v) is 41.9. The lowest BCUT2D eigenvalue weighted by Gasteiger charge is -2.33. The van der Waals surface area contributed by atoms with E-state index >= 15 is 0 Å². The van der Waals surface area contributed by atoms with Crippen molar-refractivity contribution < 1.29 is 4.74 Å². The highest BCUT2D eigenvalue weighted by molar-refractivity contribution is 6.09. The van der Waals surface area contributed by atoms with E-state index in [2.05, 4.69) is 272 Å². The second kappa shape index (κ2) is 17.3. The van der Waals surface area contributed by atoms with E-state index in [0.717, 1.165) is 56.4 Å². The minimum absolute atomic E-state index is 0.0199. The van der Waals surface area contributed by atoms with Crippen molar-refractivity contribution in [2.75, 3.05) is 16.5 Å². The number of rotatable bonds is 10. The second-order valence-corrected chi connectivity index (χ2v) is 21.9. The molecule has 0 amide bonds. The Balaban J connectivity index is 1.08. The molecule has 0 N–H and O–H groups in total. The number of pyridine rings is 1. The molecule has 5 heteroatoms. The molecule has 0 saturated heterocycles. The van der Waals surface area contributed by atoms with Gasteiger partial charge in [-0.15, -0.1) is 0 Å². The van der Waals surface area contributed by atoms with Crippen LogP contribution in [0.15, 0.2) is 194 Å². The van der Waals surface area contributed by atoms with Gasteiger partial charge in [0.15, 0.2) is 0 Å². The maximum absolute atomic E-state index is 7.04. The number of ether oxygens (including phenoxy) is 1. The van der Waals surface area contributed by atoms with Gasteiger partial charge in [0.1, 0.15) is 17.3 Å². The Labute approximate surface area is 409 Å². The fraction of sp³-hybridized carbons (Fsp3) is 0.234. The Hall–Kier alpha value is -7.37. The maximum atomic E-state index is 7.04. The summed E-state index contributed by atoms with van der Waals surface area (Å²) in [6, 6.07) is 66.0. The summed E-state index contributed by atoms with van der Waals surface area (Å²) in [5, 5.41) is 2.34. The molecule has 1 aliphatic heterocycles. The molecule has 2 aromatic heterocycles. The molecule has 0 bridgehead atoms. The van der Waals surface area contributed by atoms with E-state index in [0.29, 0.717) is 6.67 Å². The first kappa shape index (κ1) is 45.4. The second-order valence-electron chi connectivity index (χ2n) is 21.9. The first-order valence-electron chi connectivity index (χ1n) is 24.4. The predicted octanol–water partition coefficient (Wildman–Crippen LogP) is 16.5. The summed E-state index contributed by atoms with van der Waals surface area (Å²) < 4.78 is 9.32. The molecule has 0 atom stereocenters. The smallest absolute Gasteiger partial charge is 0.137 e. The van der Waals surface area contributed by atoms with E-state index < -0.39 is 0 Å². The van der Waals surface area contributed by atoms with Crippen LogP contribution in [0, 0.1) is 0 Å². The van der Waals surface area contributed by atoms with Gasteiger partial charge in [0.2, 0.25) is 0 Å². The molecular weight excluding hydrogens is 841 g/mol. The van der Waals surface area contributed by atoms with Crippen LogP contribution < -0.4 is 14.5 Å². The molecule has 1 aliphatic rings. The Morgan fingerprint density at radius 2 is 1.00 bits per heavy atom. The van der Waals surface area contributed by atoms with Gasteiger partial charge in [-0.25, -0.2) is 4.98 Å². The molecule has 10 rings (SSSR count). The first-order chi connectivity index (χ1) is 32.9. The minimum Gasteiger partial charge on any atom is -0.457 e. The van der Waals surface area contributed by atoms with Crippen LogP contribution in [0.2, 0.25) is 0 Å². The van der Waals surface area contributed by atoms with E-state index in [1.807, 2.05) is 6.20 Å². The topological polar surface area (TPSA) is 33.5 Å². The number of hydrogen-bond acceptors (Lipinski definition) is 4. The molecule has 0 fully saturated rings. The van der Waals surface area contributed by atoms with E-state index in [-0.39, 0.29) is 21.7 Å². The molecule has 0 unspecified atom stereocenters. The van der Waals surface area contributed by atoms with E-state index in [9.17, 15) is 0 Å². The van der Waals surface area contributed by atoms with Crippen LogP contribution in [0.1, 0.15) is 108 Å². The van der Waals surface area contributed by atoms with Crippen molar-refractivity contribution in [3.63, 3.8) is 0 Å². The van der Waals surface area contributed by atoms with Gasteiger partial charge in [0.25, 0.3) is 0 Å². The van der Waals surface area contributed by atoms with E-state index in [1.165, 1.54) is 38.8 Å². The molecule has 7 aromatic carbocycles. The molecule has 9 aromatic rings. The van der Waals surface area contributed by atoms with Crippen molar-refractivity contribution in [2.45, 2.75) is 90.9 Å². The van der Waals surface area contributed by atoms with Gasteiger partial charge in [-0.3, -0.25) is 4.57 Å². The molecule has 69 heavy (non-hydrogen) atoms. The Kier molecular flexibility index (Phi) is 11.4. The molecule has 0 spiro atoms. The summed E-state index contributed by atoms with van der Waals surface area (Å²) >= 11 is 0. The molecule has 3 heterocycles. The lowest BCUT2D eigenvalue weighted by atomic mass is 9.73. The standard InChI is InChI=1S/C64H64N4O/c1-61(2,3)47-32-33-65-60(39-47)68-57-29-21-20-28-55(57)56-31-30-53(41-58(56)68)69-54-38-48(62(4,5)6)35-52(40-54)67-43-66(42-59(67)44-22-14-11-15-23-44)51-36-49(63(7,8)45-24-16-12-17-25-45)34-50(37-51)64(9,10)46-26-18-13-19-27-46/h11-42H,43H2,1-10H3. The van der Waals surface area contributed by atoms with Crippen LogP contribution >= 0.6 is 0 Å².